The average molecular weight is 404 g/mol. The summed E-state index contributed by atoms with van der Waals surface area (Å²) in [6.07, 6.45) is 5.06. The van der Waals surface area contributed by atoms with Gasteiger partial charge in [0.2, 0.25) is 0 Å². The normalized spacial score (nSPS) is 10.7. The number of carbonyl (C=O) groups is 1. The van der Waals surface area contributed by atoms with Crippen LogP contribution in [0.4, 0.5) is 0 Å². The molecule has 6 heteroatoms. The molecule has 0 bridgehead atoms. The lowest BCUT2D eigenvalue weighted by atomic mass is 10.1. The molecule has 0 spiro atoms. The van der Waals surface area contributed by atoms with Crippen molar-refractivity contribution in [2.24, 2.45) is 0 Å². The first-order chi connectivity index (χ1) is 14.1. The maximum absolute atomic E-state index is 12.7. The molecule has 0 saturated carbocycles. The lowest BCUT2D eigenvalue weighted by Crippen LogP contribution is -2.23. The predicted octanol–water partition coefficient (Wildman–Crippen LogP) is 5.31. The Bertz CT molecular complexity index is 1180. The Morgan fingerprint density at radius 3 is 2.62 bits per heavy atom. The van der Waals surface area contributed by atoms with Crippen LogP contribution in [0.2, 0.25) is 5.02 Å². The van der Waals surface area contributed by atoms with Crippen molar-refractivity contribution in [1.29, 1.82) is 0 Å². The minimum Gasteiger partial charge on any atom is -0.456 e. The fraction of sp³-hybridized carbons (Fsp3) is 0.0870. The topological polar surface area (TPSA) is 64.1 Å². The van der Waals surface area contributed by atoms with E-state index in [1.54, 1.807) is 42.9 Å². The summed E-state index contributed by atoms with van der Waals surface area (Å²) in [5.41, 5.74) is 2.98. The van der Waals surface area contributed by atoms with E-state index in [-0.39, 0.29) is 5.91 Å². The quantitative estimate of drug-likeness (QED) is 0.490. The maximum atomic E-state index is 12.7. The summed E-state index contributed by atoms with van der Waals surface area (Å²) in [7, 11) is 0. The molecule has 0 aliphatic heterocycles. The largest absolute Gasteiger partial charge is 0.456 e. The first kappa shape index (κ1) is 18.9. The van der Waals surface area contributed by atoms with Crippen molar-refractivity contribution in [2.75, 3.05) is 0 Å². The zero-order valence-electron chi connectivity index (χ0n) is 15.7. The SMILES string of the molecule is Cc1c(Oc2ccnc3c(Cl)cccc23)cccc1C(=O)NCc1ccncc1. The number of carbonyl (C=O) groups excluding carboxylic acids is 1. The molecule has 1 amide bonds. The molecule has 29 heavy (non-hydrogen) atoms. The first-order valence-electron chi connectivity index (χ1n) is 9.11. The van der Waals surface area contributed by atoms with Crippen LogP contribution in [0.3, 0.4) is 0 Å². The van der Waals surface area contributed by atoms with Crippen molar-refractivity contribution in [2.45, 2.75) is 13.5 Å². The van der Waals surface area contributed by atoms with Crippen molar-refractivity contribution in [3.05, 3.63) is 94.9 Å². The zero-order valence-corrected chi connectivity index (χ0v) is 16.5. The highest BCUT2D eigenvalue weighted by molar-refractivity contribution is 6.35. The van der Waals surface area contributed by atoms with Crippen molar-refractivity contribution in [3.8, 4) is 11.5 Å². The fourth-order valence-electron chi connectivity index (χ4n) is 3.07. The summed E-state index contributed by atoms with van der Waals surface area (Å²) in [5, 5.41) is 4.31. The smallest absolute Gasteiger partial charge is 0.251 e. The van der Waals surface area contributed by atoms with Gasteiger partial charge in [0.25, 0.3) is 5.91 Å². The lowest BCUT2D eigenvalue weighted by Gasteiger charge is -2.14. The van der Waals surface area contributed by atoms with Crippen LogP contribution in [-0.2, 0) is 6.54 Å². The summed E-state index contributed by atoms with van der Waals surface area (Å²) in [5.74, 6) is 1.08. The molecular weight excluding hydrogens is 386 g/mol. The van der Waals surface area contributed by atoms with Crippen LogP contribution in [-0.4, -0.2) is 15.9 Å². The van der Waals surface area contributed by atoms with Crippen LogP contribution in [0.5, 0.6) is 11.5 Å². The molecule has 4 aromatic rings. The number of para-hydroxylation sites is 1. The van der Waals surface area contributed by atoms with E-state index in [0.29, 0.717) is 34.1 Å². The monoisotopic (exact) mass is 403 g/mol. The molecule has 5 nitrogen and oxygen atoms in total. The molecule has 2 aromatic heterocycles. The Labute approximate surface area is 173 Å². The number of pyridine rings is 2. The molecule has 144 valence electrons. The molecule has 1 N–H and O–H groups in total. The van der Waals surface area contributed by atoms with E-state index in [4.69, 9.17) is 16.3 Å². The lowest BCUT2D eigenvalue weighted by molar-refractivity contribution is 0.0950. The Hall–Kier alpha value is -3.44. The fourth-order valence-corrected chi connectivity index (χ4v) is 3.29. The molecule has 0 radical (unpaired) electrons. The van der Waals surface area contributed by atoms with Gasteiger partial charge in [0, 0.05) is 41.6 Å². The summed E-state index contributed by atoms with van der Waals surface area (Å²) in [4.78, 5) is 21.0. The second-order valence-corrected chi connectivity index (χ2v) is 6.92. The minimum absolute atomic E-state index is 0.160. The van der Waals surface area contributed by atoms with Crippen LogP contribution < -0.4 is 10.1 Å². The molecule has 0 fully saturated rings. The van der Waals surface area contributed by atoms with Gasteiger partial charge in [-0.3, -0.25) is 14.8 Å². The zero-order chi connectivity index (χ0) is 20.2. The van der Waals surface area contributed by atoms with E-state index in [9.17, 15) is 4.79 Å². The average Bonchev–Trinajstić information content (AvgIpc) is 2.75. The second-order valence-electron chi connectivity index (χ2n) is 6.51. The van der Waals surface area contributed by atoms with Crippen LogP contribution in [0.25, 0.3) is 10.9 Å². The van der Waals surface area contributed by atoms with E-state index in [1.807, 2.05) is 37.3 Å². The van der Waals surface area contributed by atoms with Gasteiger partial charge in [0.1, 0.15) is 11.5 Å². The van der Waals surface area contributed by atoms with E-state index >= 15 is 0 Å². The maximum Gasteiger partial charge on any atom is 0.251 e. The van der Waals surface area contributed by atoms with E-state index in [2.05, 4.69) is 15.3 Å². The number of rotatable bonds is 5. The highest BCUT2D eigenvalue weighted by Gasteiger charge is 2.14. The number of benzene rings is 2. The summed E-state index contributed by atoms with van der Waals surface area (Å²) >= 11 is 6.24. The minimum atomic E-state index is -0.160. The third-order valence-electron chi connectivity index (χ3n) is 4.63. The number of hydrogen-bond donors (Lipinski definition) is 1. The van der Waals surface area contributed by atoms with Crippen molar-refractivity contribution in [3.63, 3.8) is 0 Å². The van der Waals surface area contributed by atoms with Crippen molar-refractivity contribution in [1.82, 2.24) is 15.3 Å². The Balaban J connectivity index is 1.59. The van der Waals surface area contributed by atoms with Gasteiger partial charge in [-0.05, 0) is 55.0 Å². The van der Waals surface area contributed by atoms with Gasteiger partial charge in [-0.2, -0.15) is 0 Å². The van der Waals surface area contributed by atoms with E-state index in [0.717, 1.165) is 16.5 Å². The standard InChI is InChI=1S/C23H18ClN3O2/c1-15-17(23(28)27-14-16-8-11-25-12-9-16)4-3-7-20(15)29-21-10-13-26-22-18(21)5-2-6-19(22)24/h2-13H,14H2,1H3,(H,27,28). The highest BCUT2D eigenvalue weighted by Crippen LogP contribution is 2.33. The number of aromatic nitrogens is 2. The number of ether oxygens (including phenoxy) is 1. The summed E-state index contributed by atoms with van der Waals surface area (Å²) in [6.45, 7) is 2.30. The third kappa shape index (κ3) is 4.05. The molecule has 0 saturated heterocycles. The highest BCUT2D eigenvalue weighted by atomic mass is 35.5. The van der Waals surface area contributed by atoms with Crippen molar-refractivity contribution >= 4 is 28.4 Å². The predicted molar refractivity (Wildman–Crippen MR) is 113 cm³/mol. The van der Waals surface area contributed by atoms with Gasteiger partial charge in [0.05, 0.1) is 10.5 Å². The molecule has 2 aromatic carbocycles. The van der Waals surface area contributed by atoms with Crippen LogP contribution >= 0.6 is 11.6 Å². The number of nitrogens with zero attached hydrogens (tertiary/aromatic N) is 2. The summed E-state index contributed by atoms with van der Waals surface area (Å²) in [6, 6.07) is 16.5. The van der Waals surface area contributed by atoms with Crippen molar-refractivity contribution < 1.29 is 9.53 Å². The number of nitrogens with one attached hydrogen (secondary N) is 1. The number of fused-ring (bicyclic) bond motifs is 1. The Morgan fingerprint density at radius 1 is 1.00 bits per heavy atom. The van der Waals surface area contributed by atoms with Gasteiger partial charge in [-0.15, -0.1) is 0 Å². The number of amides is 1. The van der Waals surface area contributed by atoms with Crippen LogP contribution in [0.15, 0.2) is 73.2 Å². The Kier molecular flexibility index (Phi) is 5.40. The Morgan fingerprint density at radius 2 is 1.79 bits per heavy atom. The molecule has 4 rings (SSSR count). The van der Waals surface area contributed by atoms with Gasteiger partial charge in [0.15, 0.2) is 0 Å². The van der Waals surface area contributed by atoms with E-state index in [1.165, 1.54) is 0 Å². The molecule has 0 atom stereocenters. The molecule has 0 unspecified atom stereocenters. The molecule has 2 heterocycles. The van der Waals surface area contributed by atoms with Gasteiger partial charge >= 0.3 is 0 Å². The van der Waals surface area contributed by atoms with E-state index < -0.39 is 0 Å². The second kappa shape index (κ2) is 8.29. The van der Waals surface area contributed by atoms with Gasteiger partial charge in [-0.1, -0.05) is 23.7 Å². The van der Waals surface area contributed by atoms with Gasteiger partial charge < -0.3 is 10.1 Å². The van der Waals surface area contributed by atoms with Crippen LogP contribution in [0, 0.1) is 6.92 Å². The van der Waals surface area contributed by atoms with Gasteiger partial charge in [-0.25, -0.2) is 0 Å². The number of halogens is 1. The molecular formula is C23H18ClN3O2. The van der Waals surface area contributed by atoms with Crippen LogP contribution in [0.1, 0.15) is 21.5 Å². The first-order valence-corrected chi connectivity index (χ1v) is 9.49. The third-order valence-corrected chi connectivity index (χ3v) is 4.94. The number of hydrogen-bond acceptors (Lipinski definition) is 4. The molecule has 0 aliphatic rings. The summed E-state index contributed by atoms with van der Waals surface area (Å²) < 4.78 is 6.14. The molecule has 0 aliphatic carbocycles.